The largest absolute Gasteiger partial charge is 0.352 e. The molecule has 1 saturated heterocycles. The van der Waals surface area contributed by atoms with E-state index in [0.717, 1.165) is 42.5 Å². The maximum atomic E-state index is 12.4. The molecule has 4 nitrogen and oxygen atoms in total. The Morgan fingerprint density at radius 1 is 1.07 bits per heavy atom. The van der Waals surface area contributed by atoms with E-state index in [1.165, 1.54) is 32.2 Å². The smallest absolute Gasteiger partial charge is 0.251 e. The van der Waals surface area contributed by atoms with Crippen molar-refractivity contribution in [3.05, 3.63) is 60.2 Å². The second-order valence-corrected chi connectivity index (χ2v) is 7.64. The van der Waals surface area contributed by atoms with Crippen LogP contribution in [-0.2, 0) is 0 Å². The average molecular weight is 380 g/mol. The van der Waals surface area contributed by atoms with Gasteiger partial charge in [0.25, 0.3) is 5.91 Å². The molecule has 1 fully saturated rings. The first-order chi connectivity index (χ1) is 13.7. The summed E-state index contributed by atoms with van der Waals surface area (Å²) in [4.78, 5) is 17.1. The Bertz CT molecular complexity index is 729. The summed E-state index contributed by atoms with van der Waals surface area (Å²) < 4.78 is 0. The number of hydrogen-bond acceptors (Lipinski definition) is 3. The molecule has 28 heavy (non-hydrogen) atoms. The van der Waals surface area contributed by atoms with Crippen molar-refractivity contribution in [1.29, 1.82) is 0 Å². The predicted molar refractivity (Wildman–Crippen MR) is 117 cm³/mol. The lowest BCUT2D eigenvalue weighted by atomic mass is 10.00. The summed E-state index contributed by atoms with van der Waals surface area (Å²) in [6.07, 6.45) is 6.24. The number of para-hydroxylation sites is 1. The Morgan fingerprint density at radius 3 is 2.50 bits per heavy atom. The molecule has 1 aliphatic rings. The zero-order valence-corrected chi connectivity index (χ0v) is 17.2. The third-order valence-electron chi connectivity index (χ3n) is 5.79. The summed E-state index contributed by atoms with van der Waals surface area (Å²) in [6.45, 7) is 5.31. The molecule has 2 aromatic carbocycles. The Labute approximate surface area is 169 Å². The number of nitrogens with one attached hydrogen (secondary N) is 1. The Hall–Kier alpha value is -2.33. The van der Waals surface area contributed by atoms with Crippen LogP contribution < -0.4 is 10.2 Å². The molecule has 4 heteroatoms. The number of rotatable bonds is 8. The van der Waals surface area contributed by atoms with Gasteiger partial charge in [0.05, 0.1) is 0 Å². The minimum absolute atomic E-state index is 0.0135. The molecule has 0 aliphatic carbocycles. The molecule has 1 aliphatic heterocycles. The Kier molecular flexibility index (Phi) is 7.49. The summed E-state index contributed by atoms with van der Waals surface area (Å²) >= 11 is 0. The second-order valence-electron chi connectivity index (χ2n) is 7.64. The number of carbonyl (C=O) groups is 1. The summed E-state index contributed by atoms with van der Waals surface area (Å²) in [7, 11) is 2.04. The van der Waals surface area contributed by atoms with E-state index in [4.69, 9.17) is 0 Å². The molecule has 0 aromatic heterocycles. The highest BCUT2D eigenvalue weighted by Crippen LogP contribution is 2.23. The van der Waals surface area contributed by atoms with Crippen LogP contribution in [0.25, 0.3) is 0 Å². The van der Waals surface area contributed by atoms with E-state index in [9.17, 15) is 4.79 Å². The first-order valence-corrected chi connectivity index (χ1v) is 10.6. The Balaban J connectivity index is 1.45. The zero-order valence-electron chi connectivity index (χ0n) is 17.2. The molecule has 0 spiro atoms. The predicted octanol–water partition coefficient (Wildman–Crippen LogP) is 4.84. The van der Waals surface area contributed by atoms with Crippen molar-refractivity contribution in [1.82, 2.24) is 10.2 Å². The van der Waals surface area contributed by atoms with Crippen LogP contribution in [0.5, 0.6) is 0 Å². The molecule has 0 radical (unpaired) electrons. The number of anilines is 2. The van der Waals surface area contributed by atoms with Gasteiger partial charge >= 0.3 is 0 Å². The SMILES string of the molecule is CCC1CCCCN1CCCNC(=O)c1ccc(N(C)c2ccccc2)cc1. The van der Waals surface area contributed by atoms with Gasteiger partial charge in [-0.2, -0.15) is 0 Å². The van der Waals surface area contributed by atoms with Crippen LogP contribution in [0.4, 0.5) is 11.4 Å². The minimum atomic E-state index is 0.0135. The normalized spacial score (nSPS) is 17.3. The monoisotopic (exact) mass is 379 g/mol. The molecule has 3 rings (SSSR count). The highest BCUT2D eigenvalue weighted by atomic mass is 16.1. The average Bonchev–Trinajstić information content (AvgIpc) is 2.77. The lowest BCUT2D eigenvalue weighted by Gasteiger charge is -2.35. The number of hydrogen-bond donors (Lipinski definition) is 1. The van der Waals surface area contributed by atoms with Crippen molar-refractivity contribution in [2.75, 3.05) is 31.6 Å². The maximum Gasteiger partial charge on any atom is 0.251 e. The van der Waals surface area contributed by atoms with Crippen LogP contribution >= 0.6 is 0 Å². The first kappa shape index (κ1) is 20.4. The molecular weight excluding hydrogens is 346 g/mol. The van der Waals surface area contributed by atoms with Crippen LogP contribution in [0.15, 0.2) is 54.6 Å². The number of piperidine rings is 1. The summed E-state index contributed by atoms with van der Waals surface area (Å²) in [6, 6.07) is 18.8. The minimum Gasteiger partial charge on any atom is -0.352 e. The van der Waals surface area contributed by atoms with E-state index in [2.05, 4.69) is 34.2 Å². The third kappa shape index (κ3) is 5.35. The van der Waals surface area contributed by atoms with Gasteiger partial charge in [-0.1, -0.05) is 31.5 Å². The van der Waals surface area contributed by atoms with E-state index in [1.807, 2.05) is 49.5 Å². The van der Waals surface area contributed by atoms with Crippen LogP contribution in [0.2, 0.25) is 0 Å². The van der Waals surface area contributed by atoms with Crippen molar-refractivity contribution < 1.29 is 4.79 Å². The molecular formula is C24H33N3O. The van der Waals surface area contributed by atoms with Crippen molar-refractivity contribution in [2.24, 2.45) is 0 Å². The maximum absolute atomic E-state index is 12.4. The van der Waals surface area contributed by atoms with Gasteiger partial charge in [-0.3, -0.25) is 4.79 Å². The molecule has 0 bridgehead atoms. The van der Waals surface area contributed by atoms with E-state index >= 15 is 0 Å². The highest BCUT2D eigenvalue weighted by Gasteiger charge is 2.19. The van der Waals surface area contributed by atoms with Gasteiger partial charge in [0, 0.05) is 43.1 Å². The Morgan fingerprint density at radius 2 is 1.79 bits per heavy atom. The molecule has 1 heterocycles. The van der Waals surface area contributed by atoms with Crippen molar-refractivity contribution in [2.45, 2.75) is 45.1 Å². The fourth-order valence-electron chi connectivity index (χ4n) is 4.04. The highest BCUT2D eigenvalue weighted by molar-refractivity contribution is 5.94. The molecule has 2 aromatic rings. The van der Waals surface area contributed by atoms with Gasteiger partial charge in [0.15, 0.2) is 0 Å². The van der Waals surface area contributed by atoms with Crippen LogP contribution in [0, 0.1) is 0 Å². The lowest BCUT2D eigenvalue weighted by molar-refractivity contribution is 0.0947. The quantitative estimate of drug-likeness (QED) is 0.667. The van der Waals surface area contributed by atoms with E-state index in [0.29, 0.717) is 0 Å². The number of amides is 1. The van der Waals surface area contributed by atoms with E-state index in [-0.39, 0.29) is 5.91 Å². The van der Waals surface area contributed by atoms with Crippen LogP contribution in [-0.4, -0.2) is 43.5 Å². The van der Waals surface area contributed by atoms with Crippen LogP contribution in [0.3, 0.4) is 0 Å². The standard InChI is InChI=1S/C24H33N3O/c1-3-21-10-7-8-18-27(21)19-9-17-25-24(28)20-13-15-23(16-14-20)26(2)22-11-5-4-6-12-22/h4-6,11-16,21H,3,7-10,17-19H2,1-2H3,(H,25,28). The van der Waals surface area contributed by atoms with E-state index in [1.54, 1.807) is 0 Å². The summed E-state index contributed by atoms with van der Waals surface area (Å²) in [5.74, 6) is 0.0135. The first-order valence-electron chi connectivity index (χ1n) is 10.6. The van der Waals surface area contributed by atoms with E-state index < -0.39 is 0 Å². The fraction of sp³-hybridized carbons (Fsp3) is 0.458. The van der Waals surface area contributed by atoms with Gasteiger partial charge in [-0.05, 0) is 68.6 Å². The van der Waals surface area contributed by atoms with Gasteiger partial charge in [0.2, 0.25) is 0 Å². The second kappa shape index (κ2) is 10.3. The number of benzene rings is 2. The lowest BCUT2D eigenvalue weighted by Crippen LogP contribution is -2.40. The molecule has 1 amide bonds. The summed E-state index contributed by atoms with van der Waals surface area (Å²) in [5, 5.41) is 3.07. The van der Waals surface area contributed by atoms with Gasteiger partial charge in [-0.25, -0.2) is 0 Å². The molecule has 0 saturated carbocycles. The molecule has 1 N–H and O–H groups in total. The van der Waals surface area contributed by atoms with Gasteiger partial charge < -0.3 is 15.1 Å². The van der Waals surface area contributed by atoms with Gasteiger partial charge in [-0.15, -0.1) is 0 Å². The topological polar surface area (TPSA) is 35.6 Å². The number of carbonyl (C=O) groups excluding carboxylic acids is 1. The van der Waals surface area contributed by atoms with Crippen molar-refractivity contribution >= 4 is 17.3 Å². The van der Waals surface area contributed by atoms with Crippen molar-refractivity contribution in [3.63, 3.8) is 0 Å². The zero-order chi connectivity index (χ0) is 19.8. The fourth-order valence-corrected chi connectivity index (χ4v) is 4.04. The molecule has 150 valence electrons. The number of likely N-dealkylation sites (tertiary alicyclic amines) is 1. The van der Waals surface area contributed by atoms with Crippen LogP contribution in [0.1, 0.15) is 49.4 Å². The summed E-state index contributed by atoms with van der Waals surface area (Å²) in [5.41, 5.74) is 2.91. The van der Waals surface area contributed by atoms with Gasteiger partial charge in [0.1, 0.15) is 0 Å². The number of nitrogens with zero attached hydrogens (tertiary/aromatic N) is 2. The molecule has 1 unspecified atom stereocenters. The molecule has 1 atom stereocenters. The third-order valence-corrected chi connectivity index (χ3v) is 5.79. The van der Waals surface area contributed by atoms with Crippen molar-refractivity contribution in [3.8, 4) is 0 Å².